The standard InChI is InChI=1S/C14H15N3O2S/c18-13(10-16-7-3-6-15-14(16)19)17-8-1-4-11(17)12-5-2-9-20-12/h2-3,5-7,9,11H,1,4,8,10H2/t11-/m1/s1. The Kier molecular flexibility index (Phi) is 3.64. The van der Waals surface area contributed by atoms with E-state index in [-0.39, 0.29) is 24.2 Å². The minimum Gasteiger partial charge on any atom is -0.333 e. The molecule has 20 heavy (non-hydrogen) atoms. The van der Waals surface area contributed by atoms with Crippen molar-refractivity contribution in [3.63, 3.8) is 0 Å². The number of nitrogens with zero attached hydrogens (tertiary/aromatic N) is 3. The molecular weight excluding hydrogens is 274 g/mol. The molecule has 2 aromatic rings. The van der Waals surface area contributed by atoms with Gasteiger partial charge in [0.25, 0.3) is 0 Å². The third-order valence-corrected chi connectivity index (χ3v) is 4.51. The smallest absolute Gasteiger partial charge is 0.333 e. The van der Waals surface area contributed by atoms with Gasteiger partial charge >= 0.3 is 5.69 Å². The van der Waals surface area contributed by atoms with E-state index < -0.39 is 0 Å². The van der Waals surface area contributed by atoms with Crippen LogP contribution in [0, 0.1) is 0 Å². The van der Waals surface area contributed by atoms with E-state index in [2.05, 4.69) is 11.1 Å². The SMILES string of the molecule is O=C(Cn1cccnc1=O)N1CCC[C@@H]1c1cccs1. The molecule has 3 rings (SSSR count). The average molecular weight is 289 g/mol. The normalized spacial score (nSPS) is 18.4. The Morgan fingerprint density at radius 2 is 2.35 bits per heavy atom. The fourth-order valence-electron chi connectivity index (χ4n) is 2.59. The lowest BCUT2D eigenvalue weighted by molar-refractivity contribution is -0.132. The highest BCUT2D eigenvalue weighted by molar-refractivity contribution is 7.10. The van der Waals surface area contributed by atoms with Gasteiger partial charge < -0.3 is 4.90 Å². The van der Waals surface area contributed by atoms with Gasteiger partial charge in [-0.15, -0.1) is 11.3 Å². The molecule has 0 saturated carbocycles. The van der Waals surface area contributed by atoms with Crippen LogP contribution in [0.2, 0.25) is 0 Å². The maximum Gasteiger partial charge on any atom is 0.347 e. The zero-order valence-corrected chi connectivity index (χ0v) is 11.8. The van der Waals surface area contributed by atoms with Gasteiger partial charge in [0.15, 0.2) is 0 Å². The third kappa shape index (κ3) is 2.51. The number of rotatable bonds is 3. The zero-order chi connectivity index (χ0) is 13.9. The molecule has 0 bridgehead atoms. The molecule has 0 aromatic carbocycles. The highest BCUT2D eigenvalue weighted by atomic mass is 32.1. The van der Waals surface area contributed by atoms with Gasteiger partial charge in [-0.25, -0.2) is 9.78 Å². The Balaban J connectivity index is 1.77. The summed E-state index contributed by atoms with van der Waals surface area (Å²) in [5.41, 5.74) is -0.382. The molecular formula is C14H15N3O2S. The summed E-state index contributed by atoms with van der Waals surface area (Å²) in [7, 11) is 0. The van der Waals surface area contributed by atoms with Crippen molar-refractivity contribution in [1.82, 2.24) is 14.5 Å². The van der Waals surface area contributed by atoms with Gasteiger partial charge in [-0.2, -0.15) is 0 Å². The topological polar surface area (TPSA) is 55.2 Å². The number of thiophene rings is 1. The van der Waals surface area contributed by atoms with Crippen LogP contribution in [0.4, 0.5) is 0 Å². The van der Waals surface area contributed by atoms with Crippen LogP contribution >= 0.6 is 11.3 Å². The maximum absolute atomic E-state index is 12.4. The van der Waals surface area contributed by atoms with Crippen molar-refractivity contribution in [2.24, 2.45) is 0 Å². The van der Waals surface area contributed by atoms with Gasteiger partial charge in [-0.3, -0.25) is 9.36 Å². The molecule has 1 aliphatic rings. The summed E-state index contributed by atoms with van der Waals surface area (Å²) in [6.45, 7) is 0.824. The Morgan fingerprint density at radius 3 is 3.10 bits per heavy atom. The quantitative estimate of drug-likeness (QED) is 0.863. The predicted molar refractivity (Wildman–Crippen MR) is 76.5 cm³/mol. The number of amides is 1. The number of aromatic nitrogens is 2. The van der Waals surface area contributed by atoms with Crippen molar-refractivity contribution < 1.29 is 4.79 Å². The summed E-state index contributed by atoms with van der Waals surface area (Å²) in [6.07, 6.45) is 5.04. The van der Waals surface area contributed by atoms with Crippen LogP contribution in [0.25, 0.3) is 0 Å². The van der Waals surface area contributed by atoms with Gasteiger partial charge in [-0.1, -0.05) is 6.07 Å². The minimum absolute atomic E-state index is 0.0176. The maximum atomic E-state index is 12.4. The van der Waals surface area contributed by atoms with Gasteiger partial charge in [0.2, 0.25) is 5.91 Å². The molecule has 0 aliphatic carbocycles. The molecule has 5 nitrogen and oxygen atoms in total. The lowest BCUT2D eigenvalue weighted by Gasteiger charge is -2.24. The van der Waals surface area contributed by atoms with Crippen molar-refractivity contribution in [2.45, 2.75) is 25.4 Å². The van der Waals surface area contributed by atoms with E-state index in [1.165, 1.54) is 15.6 Å². The van der Waals surface area contributed by atoms with Crippen LogP contribution in [0.1, 0.15) is 23.8 Å². The second-order valence-corrected chi connectivity index (χ2v) is 5.77. The highest BCUT2D eigenvalue weighted by Crippen LogP contribution is 2.34. The predicted octanol–water partition coefficient (Wildman–Crippen LogP) is 1.67. The number of hydrogen-bond acceptors (Lipinski definition) is 4. The van der Waals surface area contributed by atoms with E-state index in [1.807, 2.05) is 16.3 Å². The van der Waals surface area contributed by atoms with Crippen molar-refractivity contribution >= 4 is 17.2 Å². The van der Waals surface area contributed by atoms with Crippen molar-refractivity contribution in [2.75, 3.05) is 6.54 Å². The highest BCUT2D eigenvalue weighted by Gasteiger charge is 2.30. The van der Waals surface area contributed by atoms with Gasteiger partial charge in [0.05, 0.1) is 6.04 Å². The molecule has 1 saturated heterocycles. The first kappa shape index (κ1) is 13.1. The lowest BCUT2D eigenvalue weighted by atomic mass is 10.2. The minimum atomic E-state index is -0.382. The molecule has 0 radical (unpaired) electrons. The summed E-state index contributed by atoms with van der Waals surface area (Å²) >= 11 is 1.68. The van der Waals surface area contributed by atoms with Crippen LogP contribution in [0.5, 0.6) is 0 Å². The second-order valence-electron chi connectivity index (χ2n) is 4.79. The zero-order valence-electron chi connectivity index (χ0n) is 10.9. The summed E-state index contributed by atoms with van der Waals surface area (Å²) in [4.78, 5) is 30.7. The van der Waals surface area contributed by atoms with Crippen molar-refractivity contribution in [3.8, 4) is 0 Å². The molecule has 1 fully saturated rings. The van der Waals surface area contributed by atoms with Crippen LogP contribution < -0.4 is 5.69 Å². The first-order chi connectivity index (χ1) is 9.75. The van der Waals surface area contributed by atoms with Gasteiger partial charge in [-0.05, 0) is 30.4 Å². The fourth-order valence-corrected chi connectivity index (χ4v) is 3.46. The summed E-state index contributed by atoms with van der Waals surface area (Å²) in [5.74, 6) is -0.0176. The number of carbonyl (C=O) groups excluding carboxylic acids is 1. The summed E-state index contributed by atoms with van der Waals surface area (Å²) in [5, 5.41) is 2.03. The molecule has 0 unspecified atom stereocenters. The largest absolute Gasteiger partial charge is 0.347 e. The van der Waals surface area contributed by atoms with Crippen molar-refractivity contribution in [1.29, 1.82) is 0 Å². The van der Waals surface area contributed by atoms with E-state index in [4.69, 9.17) is 0 Å². The van der Waals surface area contributed by atoms with Crippen LogP contribution in [-0.4, -0.2) is 26.9 Å². The first-order valence-corrected chi connectivity index (χ1v) is 7.48. The molecule has 0 N–H and O–H groups in total. The van der Waals surface area contributed by atoms with E-state index in [1.54, 1.807) is 23.6 Å². The molecule has 0 spiro atoms. The Labute approximate surface area is 120 Å². The monoisotopic (exact) mass is 289 g/mol. The summed E-state index contributed by atoms with van der Waals surface area (Å²) < 4.78 is 1.35. The Hall–Kier alpha value is -1.95. The Bertz CT molecular complexity index is 650. The van der Waals surface area contributed by atoms with Crippen LogP contribution in [0.3, 0.4) is 0 Å². The van der Waals surface area contributed by atoms with E-state index in [9.17, 15) is 9.59 Å². The average Bonchev–Trinajstić information content (AvgIpc) is 3.11. The number of likely N-dealkylation sites (tertiary alicyclic amines) is 1. The van der Waals surface area contributed by atoms with Crippen LogP contribution in [0.15, 0.2) is 40.8 Å². The molecule has 1 amide bonds. The molecule has 2 aromatic heterocycles. The molecule has 3 heterocycles. The van der Waals surface area contributed by atoms with Gasteiger partial charge in [0.1, 0.15) is 6.54 Å². The molecule has 104 valence electrons. The van der Waals surface area contributed by atoms with E-state index in [0.717, 1.165) is 19.4 Å². The first-order valence-electron chi connectivity index (χ1n) is 6.60. The number of hydrogen-bond donors (Lipinski definition) is 0. The lowest BCUT2D eigenvalue weighted by Crippen LogP contribution is -2.36. The number of carbonyl (C=O) groups is 1. The molecule has 1 atom stereocenters. The van der Waals surface area contributed by atoms with Gasteiger partial charge in [0, 0.05) is 23.8 Å². The fraction of sp³-hybridized carbons (Fsp3) is 0.357. The van der Waals surface area contributed by atoms with Crippen LogP contribution in [-0.2, 0) is 11.3 Å². The molecule has 1 aliphatic heterocycles. The molecule has 6 heteroatoms. The summed E-state index contributed by atoms with van der Waals surface area (Å²) in [6, 6.07) is 5.90. The Morgan fingerprint density at radius 1 is 1.45 bits per heavy atom. The van der Waals surface area contributed by atoms with E-state index in [0.29, 0.717) is 0 Å². The van der Waals surface area contributed by atoms with E-state index >= 15 is 0 Å². The van der Waals surface area contributed by atoms with Crippen molar-refractivity contribution in [3.05, 3.63) is 51.3 Å². The second kappa shape index (κ2) is 5.58. The third-order valence-electron chi connectivity index (χ3n) is 3.53.